The van der Waals surface area contributed by atoms with Crippen molar-refractivity contribution in [2.75, 3.05) is 70.9 Å². The van der Waals surface area contributed by atoms with Gasteiger partial charge in [0.15, 0.2) is 0 Å². The molecule has 0 radical (unpaired) electrons. The van der Waals surface area contributed by atoms with Crippen molar-refractivity contribution in [3.05, 3.63) is 29.8 Å². The maximum Gasteiger partial charge on any atom is 0.401 e. The molecule has 0 aliphatic carbocycles. The lowest BCUT2D eigenvalue weighted by atomic mass is 10.2. The molecule has 1 aromatic carbocycles. The fraction of sp³-hybridized carbons (Fsp3) is 0.650. The number of hydrogen-bond donors (Lipinski definition) is 1. The van der Waals surface area contributed by atoms with Gasteiger partial charge in [0, 0.05) is 38.4 Å². The number of nitrogens with one attached hydrogen (secondary N) is 1. The van der Waals surface area contributed by atoms with E-state index in [0.717, 1.165) is 38.5 Å². The predicted octanol–water partition coefficient (Wildman–Crippen LogP) is 2.03. The first-order valence-corrected chi connectivity index (χ1v) is 10.1. The van der Waals surface area contributed by atoms with E-state index in [-0.39, 0.29) is 12.5 Å². The summed E-state index contributed by atoms with van der Waals surface area (Å²) in [5.74, 6) is -0.143. The number of nitrogens with zero attached hydrogens (tertiary/aromatic N) is 3. The number of carbonyl (C=O) groups excluding carboxylic acids is 1. The minimum atomic E-state index is -4.18. The average molecular weight is 414 g/mol. The summed E-state index contributed by atoms with van der Waals surface area (Å²) in [7, 11) is 0. The second-order valence-electron chi connectivity index (χ2n) is 7.65. The maximum atomic E-state index is 12.6. The Morgan fingerprint density at radius 2 is 1.59 bits per heavy atom. The van der Waals surface area contributed by atoms with Crippen molar-refractivity contribution in [1.29, 1.82) is 0 Å². The number of anilines is 1. The molecule has 0 aromatic heterocycles. The third-order valence-electron chi connectivity index (χ3n) is 5.20. The van der Waals surface area contributed by atoms with Crippen molar-refractivity contribution in [1.82, 2.24) is 14.7 Å². The van der Waals surface area contributed by atoms with E-state index >= 15 is 0 Å². The molecule has 2 fully saturated rings. The molecule has 0 atom stereocenters. The highest BCUT2D eigenvalue weighted by atomic mass is 19.4. The summed E-state index contributed by atoms with van der Waals surface area (Å²) in [6.45, 7) is 5.35. The molecule has 2 saturated heterocycles. The van der Waals surface area contributed by atoms with Gasteiger partial charge in [-0.05, 0) is 37.2 Å². The summed E-state index contributed by atoms with van der Waals surface area (Å²) in [6.07, 6.45) is -3.56. The first-order chi connectivity index (χ1) is 13.9. The summed E-state index contributed by atoms with van der Waals surface area (Å²) >= 11 is 0. The lowest BCUT2D eigenvalue weighted by Crippen LogP contribution is -2.39. The van der Waals surface area contributed by atoms with Crippen LogP contribution in [0.15, 0.2) is 24.3 Å². The second kappa shape index (κ2) is 10.4. The smallest absolute Gasteiger partial charge is 0.379 e. The van der Waals surface area contributed by atoms with Crippen LogP contribution < -0.4 is 5.32 Å². The summed E-state index contributed by atoms with van der Waals surface area (Å²) < 4.78 is 43.0. The molecule has 0 saturated carbocycles. The van der Waals surface area contributed by atoms with Gasteiger partial charge in [-0.3, -0.25) is 19.5 Å². The van der Waals surface area contributed by atoms with E-state index in [1.54, 1.807) is 0 Å². The largest absolute Gasteiger partial charge is 0.401 e. The Hall–Kier alpha value is -1.68. The van der Waals surface area contributed by atoms with Crippen LogP contribution >= 0.6 is 0 Å². The SMILES string of the molecule is O=C(CN1CCCN(CC(F)(F)F)CC1)Nc1ccc(CN2CCOCC2)cc1. The van der Waals surface area contributed by atoms with E-state index in [1.165, 1.54) is 10.5 Å². The number of morpholine rings is 1. The van der Waals surface area contributed by atoms with Crippen molar-refractivity contribution in [3.8, 4) is 0 Å². The summed E-state index contributed by atoms with van der Waals surface area (Å²) in [5, 5.41) is 2.88. The fourth-order valence-corrected chi connectivity index (χ4v) is 3.71. The molecular formula is C20H29F3N4O2. The van der Waals surface area contributed by atoms with Crippen LogP contribution in [0.25, 0.3) is 0 Å². The minimum Gasteiger partial charge on any atom is -0.379 e. The number of hydrogen-bond acceptors (Lipinski definition) is 5. The van der Waals surface area contributed by atoms with Gasteiger partial charge in [0.05, 0.1) is 26.3 Å². The average Bonchev–Trinajstić information content (AvgIpc) is 2.88. The van der Waals surface area contributed by atoms with E-state index in [1.807, 2.05) is 29.2 Å². The molecule has 2 aliphatic heterocycles. The van der Waals surface area contributed by atoms with Crippen molar-refractivity contribution < 1.29 is 22.7 Å². The molecule has 2 aliphatic rings. The van der Waals surface area contributed by atoms with Gasteiger partial charge >= 0.3 is 6.18 Å². The van der Waals surface area contributed by atoms with E-state index in [2.05, 4.69) is 10.2 Å². The summed E-state index contributed by atoms with van der Waals surface area (Å²) in [6, 6.07) is 7.79. The number of alkyl halides is 3. The van der Waals surface area contributed by atoms with Crippen molar-refractivity contribution in [3.63, 3.8) is 0 Å². The monoisotopic (exact) mass is 414 g/mol. The number of rotatable bonds is 6. The van der Waals surface area contributed by atoms with Gasteiger partial charge in [-0.1, -0.05) is 12.1 Å². The van der Waals surface area contributed by atoms with Gasteiger partial charge in [-0.25, -0.2) is 0 Å². The predicted molar refractivity (Wildman–Crippen MR) is 105 cm³/mol. The van der Waals surface area contributed by atoms with Crippen LogP contribution in [0.1, 0.15) is 12.0 Å². The van der Waals surface area contributed by atoms with Gasteiger partial charge in [-0.15, -0.1) is 0 Å². The molecule has 6 nitrogen and oxygen atoms in total. The standard InChI is InChI=1S/C20H29F3N4O2/c21-20(22,23)16-27-7-1-6-25(8-9-27)15-19(28)24-18-4-2-17(3-5-18)14-26-10-12-29-13-11-26/h2-5H,1,6-16H2,(H,24,28). The van der Waals surface area contributed by atoms with Crippen LogP contribution in [0, 0.1) is 0 Å². The van der Waals surface area contributed by atoms with E-state index < -0.39 is 12.7 Å². The third-order valence-corrected chi connectivity index (χ3v) is 5.20. The highest BCUT2D eigenvalue weighted by Gasteiger charge is 2.31. The number of ether oxygens (including phenoxy) is 1. The zero-order chi connectivity index (χ0) is 20.7. The number of carbonyl (C=O) groups is 1. The minimum absolute atomic E-state index is 0.143. The molecule has 2 heterocycles. The first kappa shape index (κ1) is 22.0. The molecule has 0 unspecified atom stereocenters. The molecule has 162 valence electrons. The Morgan fingerprint density at radius 1 is 0.931 bits per heavy atom. The van der Waals surface area contributed by atoms with E-state index in [0.29, 0.717) is 32.6 Å². The zero-order valence-corrected chi connectivity index (χ0v) is 16.6. The quantitative estimate of drug-likeness (QED) is 0.772. The van der Waals surface area contributed by atoms with Crippen LogP contribution in [0.2, 0.25) is 0 Å². The molecule has 1 aromatic rings. The highest BCUT2D eigenvalue weighted by molar-refractivity contribution is 5.92. The highest BCUT2D eigenvalue weighted by Crippen LogP contribution is 2.18. The fourth-order valence-electron chi connectivity index (χ4n) is 3.71. The number of halogens is 3. The molecule has 29 heavy (non-hydrogen) atoms. The van der Waals surface area contributed by atoms with Gasteiger partial charge in [0.2, 0.25) is 5.91 Å². The summed E-state index contributed by atoms with van der Waals surface area (Å²) in [4.78, 5) is 18.0. The molecule has 9 heteroatoms. The zero-order valence-electron chi connectivity index (χ0n) is 16.6. The van der Waals surface area contributed by atoms with Gasteiger partial charge in [0.1, 0.15) is 0 Å². The molecule has 0 spiro atoms. The number of amides is 1. The van der Waals surface area contributed by atoms with E-state index in [4.69, 9.17) is 4.74 Å². The van der Waals surface area contributed by atoms with Crippen molar-refractivity contribution in [2.24, 2.45) is 0 Å². The van der Waals surface area contributed by atoms with Crippen LogP contribution in [-0.2, 0) is 16.1 Å². The van der Waals surface area contributed by atoms with Gasteiger partial charge < -0.3 is 10.1 Å². The second-order valence-corrected chi connectivity index (χ2v) is 7.65. The molecule has 1 amide bonds. The Balaban J connectivity index is 1.42. The first-order valence-electron chi connectivity index (χ1n) is 10.1. The molecule has 3 rings (SSSR count). The lowest BCUT2D eigenvalue weighted by molar-refractivity contribution is -0.145. The van der Waals surface area contributed by atoms with E-state index in [9.17, 15) is 18.0 Å². The topological polar surface area (TPSA) is 48.1 Å². The number of benzene rings is 1. The van der Waals surface area contributed by atoms with Crippen LogP contribution in [0.3, 0.4) is 0 Å². The Bertz CT molecular complexity index is 648. The molecule has 0 bridgehead atoms. The van der Waals surface area contributed by atoms with Gasteiger partial charge in [0.25, 0.3) is 0 Å². The molecular weight excluding hydrogens is 385 g/mol. The molecule has 1 N–H and O–H groups in total. The Morgan fingerprint density at radius 3 is 2.28 bits per heavy atom. The normalized spacial score (nSPS) is 20.4. The Kier molecular flexibility index (Phi) is 7.88. The Labute approximate surface area is 169 Å². The summed E-state index contributed by atoms with van der Waals surface area (Å²) in [5.41, 5.74) is 1.91. The van der Waals surface area contributed by atoms with Crippen molar-refractivity contribution >= 4 is 11.6 Å². The van der Waals surface area contributed by atoms with Crippen LogP contribution in [0.5, 0.6) is 0 Å². The van der Waals surface area contributed by atoms with Gasteiger partial charge in [-0.2, -0.15) is 13.2 Å². The van der Waals surface area contributed by atoms with Crippen LogP contribution in [0.4, 0.5) is 18.9 Å². The maximum absolute atomic E-state index is 12.6. The van der Waals surface area contributed by atoms with Crippen molar-refractivity contribution in [2.45, 2.75) is 19.1 Å². The van der Waals surface area contributed by atoms with Crippen LogP contribution in [-0.4, -0.2) is 92.4 Å². The third kappa shape index (κ3) is 7.93. The lowest BCUT2D eigenvalue weighted by Gasteiger charge is -2.26.